The lowest BCUT2D eigenvalue weighted by Crippen LogP contribution is -2.49. The Kier molecular flexibility index (Phi) is 5.11. The molecular formula is C21H32O4. The summed E-state index contributed by atoms with van der Waals surface area (Å²) in [5.41, 5.74) is 1.62. The Morgan fingerprint density at radius 2 is 1.92 bits per heavy atom. The predicted molar refractivity (Wildman–Crippen MR) is 96.0 cm³/mol. The van der Waals surface area contributed by atoms with Gasteiger partial charge in [0.25, 0.3) is 5.97 Å². The van der Waals surface area contributed by atoms with E-state index in [1.165, 1.54) is 24.8 Å². The van der Waals surface area contributed by atoms with Gasteiger partial charge in [0, 0.05) is 19.8 Å². The molecule has 4 nitrogen and oxygen atoms in total. The molecule has 7 atom stereocenters. The fourth-order valence-electron chi connectivity index (χ4n) is 6.49. The molecular weight excluding hydrogens is 316 g/mol. The Labute approximate surface area is 150 Å². The molecule has 0 heterocycles. The van der Waals surface area contributed by atoms with Crippen LogP contribution in [0.4, 0.5) is 0 Å². The number of aliphatic carboxylic acids is 1. The molecule has 4 rings (SSSR count). The number of carboxylic acid groups (broad SMARTS) is 1. The standard InChI is InChI=1S/C19H28O2.C2H4O2/c1-11-9-12-10-13(20)3-4-14(12)15-7-8-19(2)16(18(11)15)5-6-17(19)21;1-2(3)4/h9,11,14-18,21H,3-8,10H2,1-2H3;1H3,(H,3,4)/t11-,14+,15-,16+,17+,18-,19+;/m1./s1. The number of hydrogen-bond donors (Lipinski definition) is 2. The summed E-state index contributed by atoms with van der Waals surface area (Å²) in [6, 6.07) is 0. The van der Waals surface area contributed by atoms with Crippen molar-refractivity contribution in [1.29, 1.82) is 0 Å². The first-order chi connectivity index (χ1) is 11.7. The van der Waals surface area contributed by atoms with Crippen LogP contribution in [0.2, 0.25) is 0 Å². The number of fused-ring (bicyclic) bond motifs is 5. The van der Waals surface area contributed by atoms with Crippen molar-refractivity contribution in [3.8, 4) is 0 Å². The van der Waals surface area contributed by atoms with Crippen LogP contribution in [0.3, 0.4) is 0 Å². The van der Waals surface area contributed by atoms with Gasteiger partial charge >= 0.3 is 0 Å². The summed E-state index contributed by atoms with van der Waals surface area (Å²) in [6.07, 6.45) is 9.61. The molecule has 4 heteroatoms. The Morgan fingerprint density at radius 3 is 2.60 bits per heavy atom. The number of hydrogen-bond acceptors (Lipinski definition) is 3. The van der Waals surface area contributed by atoms with E-state index < -0.39 is 5.97 Å². The Bertz CT molecular complexity index is 576. The van der Waals surface area contributed by atoms with Crippen molar-refractivity contribution in [2.75, 3.05) is 0 Å². The van der Waals surface area contributed by atoms with Crippen molar-refractivity contribution in [2.24, 2.45) is 35.0 Å². The molecule has 4 aliphatic carbocycles. The number of carbonyl (C=O) groups excluding carboxylic acids is 1. The van der Waals surface area contributed by atoms with E-state index in [2.05, 4.69) is 19.9 Å². The summed E-state index contributed by atoms with van der Waals surface area (Å²) >= 11 is 0. The average Bonchev–Trinajstić information content (AvgIpc) is 2.82. The molecule has 0 aliphatic heterocycles. The number of allylic oxidation sites excluding steroid dienone is 2. The number of carbonyl (C=O) groups is 2. The summed E-state index contributed by atoms with van der Waals surface area (Å²) in [4.78, 5) is 20.8. The van der Waals surface area contributed by atoms with E-state index in [1.807, 2.05) is 0 Å². The Balaban J connectivity index is 0.000000415. The second kappa shape index (κ2) is 6.86. The minimum atomic E-state index is -0.833. The highest BCUT2D eigenvalue weighted by molar-refractivity contribution is 5.82. The maximum absolute atomic E-state index is 11.8. The van der Waals surface area contributed by atoms with Crippen LogP contribution in [0.15, 0.2) is 11.6 Å². The van der Waals surface area contributed by atoms with Crippen LogP contribution in [0.1, 0.15) is 65.7 Å². The van der Waals surface area contributed by atoms with E-state index in [4.69, 9.17) is 9.90 Å². The van der Waals surface area contributed by atoms with Crippen LogP contribution >= 0.6 is 0 Å². The minimum Gasteiger partial charge on any atom is -0.481 e. The smallest absolute Gasteiger partial charge is 0.300 e. The summed E-state index contributed by atoms with van der Waals surface area (Å²) in [6.45, 7) is 5.78. The van der Waals surface area contributed by atoms with E-state index in [-0.39, 0.29) is 11.5 Å². The summed E-state index contributed by atoms with van der Waals surface area (Å²) in [7, 11) is 0. The Morgan fingerprint density at radius 1 is 1.24 bits per heavy atom. The molecule has 2 N–H and O–H groups in total. The number of carboxylic acids is 1. The highest BCUT2D eigenvalue weighted by atomic mass is 16.4. The zero-order chi connectivity index (χ0) is 18.4. The minimum absolute atomic E-state index is 0.0889. The van der Waals surface area contributed by atoms with Crippen LogP contribution in [0.5, 0.6) is 0 Å². The van der Waals surface area contributed by atoms with Gasteiger partial charge in [-0.2, -0.15) is 0 Å². The monoisotopic (exact) mass is 348 g/mol. The van der Waals surface area contributed by atoms with Crippen LogP contribution in [0.25, 0.3) is 0 Å². The zero-order valence-electron chi connectivity index (χ0n) is 15.7. The van der Waals surface area contributed by atoms with E-state index in [1.54, 1.807) is 0 Å². The van der Waals surface area contributed by atoms with Crippen molar-refractivity contribution >= 4 is 11.8 Å². The van der Waals surface area contributed by atoms with Crippen molar-refractivity contribution in [1.82, 2.24) is 0 Å². The average molecular weight is 348 g/mol. The first-order valence-corrected chi connectivity index (χ1v) is 9.84. The lowest BCUT2D eigenvalue weighted by atomic mass is 9.50. The fourth-order valence-corrected chi connectivity index (χ4v) is 6.49. The third-order valence-corrected chi connectivity index (χ3v) is 7.55. The number of rotatable bonds is 0. The summed E-state index contributed by atoms with van der Waals surface area (Å²) in [5.74, 6) is 3.07. The molecule has 0 aromatic rings. The third-order valence-electron chi connectivity index (χ3n) is 7.55. The fraction of sp³-hybridized carbons (Fsp3) is 0.810. The van der Waals surface area contributed by atoms with E-state index in [0.717, 1.165) is 44.4 Å². The molecule has 25 heavy (non-hydrogen) atoms. The van der Waals surface area contributed by atoms with E-state index >= 15 is 0 Å². The molecule has 0 saturated heterocycles. The highest BCUT2D eigenvalue weighted by Gasteiger charge is 2.57. The van der Waals surface area contributed by atoms with Crippen molar-refractivity contribution in [3.63, 3.8) is 0 Å². The van der Waals surface area contributed by atoms with Gasteiger partial charge in [0.2, 0.25) is 0 Å². The number of aliphatic hydroxyl groups excluding tert-OH is 1. The van der Waals surface area contributed by atoms with Gasteiger partial charge in [-0.05, 0) is 67.1 Å². The number of Topliss-reactive ketones (excluding diaryl/α,β-unsaturated/α-hetero) is 1. The molecule has 0 bridgehead atoms. The second-order valence-electron chi connectivity index (χ2n) is 8.97. The first kappa shape index (κ1) is 18.6. The molecule has 0 radical (unpaired) electrons. The van der Waals surface area contributed by atoms with Crippen molar-refractivity contribution in [2.45, 2.75) is 71.8 Å². The first-order valence-electron chi connectivity index (χ1n) is 9.84. The normalized spacial score (nSPS) is 45.3. The number of aliphatic hydroxyl groups is 1. The van der Waals surface area contributed by atoms with Gasteiger partial charge < -0.3 is 10.2 Å². The molecule has 3 fully saturated rings. The Hall–Kier alpha value is -1.16. The van der Waals surface area contributed by atoms with Crippen molar-refractivity contribution < 1.29 is 19.8 Å². The molecule has 140 valence electrons. The molecule has 0 aromatic heterocycles. The molecule has 0 aromatic carbocycles. The maximum atomic E-state index is 11.8. The quantitative estimate of drug-likeness (QED) is 0.653. The SMILES string of the molecule is CC(=O)O.C[C@@H]1C=C2CC(=O)CC[C@@H]2[C@H]2CC[C@]3(C)[C@@H](O)CC[C@H]3[C@@H]21. The third kappa shape index (κ3) is 3.30. The van der Waals surface area contributed by atoms with Gasteiger partial charge in [0.15, 0.2) is 0 Å². The summed E-state index contributed by atoms with van der Waals surface area (Å²) < 4.78 is 0. The molecule has 4 aliphatic rings. The zero-order valence-corrected chi connectivity index (χ0v) is 15.7. The van der Waals surface area contributed by atoms with Gasteiger partial charge in [0.05, 0.1) is 6.10 Å². The second-order valence-corrected chi connectivity index (χ2v) is 8.97. The van der Waals surface area contributed by atoms with Gasteiger partial charge in [-0.15, -0.1) is 0 Å². The summed E-state index contributed by atoms with van der Waals surface area (Å²) in [5, 5.41) is 17.9. The highest BCUT2D eigenvalue weighted by Crippen LogP contribution is 2.62. The predicted octanol–water partition coefficient (Wildman–Crippen LogP) is 3.83. The van der Waals surface area contributed by atoms with E-state index in [9.17, 15) is 9.90 Å². The van der Waals surface area contributed by atoms with Crippen LogP contribution in [-0.4, -0.2) is 28.1 Å². The van der Waals surface area contributed by atoms with Crippen LogP contribution in [0, 0.1) is 35.0 Å². The van der Waals surface area contributed by atoms with Gasteiger partial charge in [0.1, 0.15) is 5.78 Å². The molecule has 0 spiro atoms. The van der Waals surface area contributed by atoms with E-state index in [0.29, 0.717) is 23.5 Å². The van der Waals surface area contributed by atoms with Gasteiger partial charge in [-0.3, -0.25) is 9.59 Å². The lowest BCUT2D eigenvalue weighted by molar-refractivity contribution is -0.134. The van der Waals surface area contributed by atoms with Crippen LogP contribution < -0.4 is 0 Å². The van der Waals surface area contributed by atoms with Crippen molar-refractivity contribution in [3.05, 3.63) is 11.6 Å². The van der Waals surface area contributed by atoms with Crippen LogP contribution in [-0.2, 0) is 9.59 Å². The largest absolute Gasteiger partial charge is 0.481 e. The molecule has 0 amide bonds. The molecule has 3 saturated carbocycles. The molecule has 0 unspecified atom stereocenters. The maximum Gasteiger partial charge on any atom is 0.300 e. The number of ketones is 1. The van der Waals surface area contributed by atoms with Gasteiger partial charge in [-0.1, -0.05) is 25.5 Å². The topological polar surface area (TPSA) is 74.6 Å². The van der Waals surface area contributed by atoms with Gasteiger partial charge in [-0.25, -0.2) is 0 Å². The lowest BCUT2D eigenvalue weighted by Gasteiger charge is -2.54.